The average Bonchev–Trinajstić information content (AvgIpc) is 2.97. The van der Waals surface area contributed by atoms with Crippen molar-refractivity contribution in [2.75, 3.05) is 32.7 Å². The van der Waals surface area contributed by atoms with Crippen LogP contribution in [-0.4, -0.2) is 37.6 Å². The molecule has 1 N–H and O–H groups in total. The summed E-state index contributed by atoms with van der Waals surface area (Å²) in [4.78, 5) is 2.75. The summed E-state index contributed by atoms with van der Waals surface area (Å²) in [6, 6.07) is 11.0. The van der Waals surface area contributed by atoms with Crippen molar-refractivity contribution in [1.29, 1.82) is 0 Å². The number of nitrogens with zero attached hydrogens (tertiary/aromatic N) is 1. The molecular formula is C19H30Cl2N2. The van der Waals surface area contributed by atoms with Gasteiger partial charge in [-0.3, -0.25) is 0 Å². The number of rotatable bonds is 5. The summed E-state index contributed by atoms with van der Waals surface area (Å²) >= 11 is 0. The second-order valence-corrected chi connectivity index (χ2v) is 7.42. The largest absolute Gasteiger partial charge is 0.316 e. The van der Waals surface area contributed by atoms with Crippen LogP contribution in [0.2, 0.25) is 0 Å². The number of piperidine rings is 2. The van der Waals surface area contributed by atoms with Crippen LogP contribution in [0.25, 0.3) is 0 Å². The maximum absolute atomic E-state index is 3.51. The van der Waals surface area contributed by atoms with Crippen LogP contribution in [-0.2, 0) is 6.42 Å². The predicted molar refractivity (Wildman–Crippen MR) is 102 cm³/mol. The van der Waals surface area contributed by atoms with Gasteiger partial charge in [0.2, 0.25) is 0 Å². The Bertz CT molecular complexity index is 450. The Hall–Kier alpha value is -0.280. The molecule has 2 nitrogen and oxygen atoms in total. The van der Waals surface area contributed by atoms with E-state index in [1.807, 2.05) is 0 Å². The lowest BCUT2D eigenvalue weighted by Crippen LogP contribution is -2.36. The highest BCUT2D eigenvalue weighted by atomic mass is 35.5. The lowest BCUT2D eigenvalue weighted by molar-refractivity contribution is 0.168. The molecule has 0 bridgehead atoms. The first-order chi connectivity index (χ1) is 10.4. The predicted octanol–water partition coefficient (Wildman–Crippen LogP) is 3.64. The van der Waals surface area contributed by atoms with Crippen LogP contribution < -0.4 is 5.32 Å². The molecule has 23 heavy (non-hydrogen) atoms. The van der Waals surface area contributed by atoms with E-state index in [1.165, 1.54) is 64.0 Å². The monoisotopic (exact) mass is 356 g/mol. The first kappa shape index (κ1) is 19.1. The third kappa shape index (κ3) is 4.63. The Labute approximate surface area is 153 Å². The molecule has 4 rings (SSSR count). The van der Waals surface area contributed by atoms with Gasteiger partial charge in [0.25, 0.3) is 0 Å². The first-order valence-corrected chi connectivity index (χ1v) is 8.87. The van der Waals surface area contributed by atoms with E-state index >= 15 is 0 Å². The van der Waals surface area contributed by atoms with Crippen LogP contribution in [0.5, 0.6) is 0 Å². The fraction of sp³-hybridized carbons (Fsp3) is 0.684. The smallest absolute Gasteiger partial charge is 0.00161 e. The quantitative estimate of drug-likeness (QED) is 0.866. The zero-order valence-corrected chi connectivity index (χ0v) is 15.5. The molecule has 2 saturated heterocycles. The van der Waals surface area contributed by atoms with E-state index in [0.717, 1.165) is 23.7 Å². The van der Waals surface area contributed by atoms with Crippen molar-refractivity contribution in [3.05, 3.63) is 35.9 Å². The van der Waals surface area contributed by atoms with Gasteiger partial charge < -0.3 is 10.2 Å². The Morgan fingerprint density at radius 1 is 0.957 bits per heavy atom. The Kier molecular flexibility index (Phi) is 7.21. The maximum Gasteiger partial charge on any atom is 0.00161 e. The Morgan fingerprint density at radius 2 is 1.61 bits per heavy atom. The van der Waals surface area contributed by atoms with E-state index in [4.69, 9.17) is 0 Å². The number of fused-ring (bicyclic) bond motifs is 1. The maximum atomic E-state index is 3.51. The lowest BCUT2D eigenvalue weighted by atomic mass is 9.90. The van der Waals surface area contributed by atoms with Gasteiger partial charge in [0, 0.05) is 6.54 Å². The third-order valence-electron chi connectivity index (χ3n) is 6.13. The van der Waals surface area contributed by atoms with Crippen molar-refractivity contribution >= 4 is 24.8 Å². The Morgan fingerprint density at radius 3 is 2.26 bits per heavy atom. The second kappa shape index (κ2) is 8.71. The molecule has 3 atom stereocenters. The molecule has 3 fully saturated rings. The average molecular weight is 357 g/mol. The molecule has 130 valence electrons. The molecule has 4 heteroatoms. The van der Waals surface area contributed by atoms with Crippen LogP contribution in [0, 0.1) is 23.7 Å². The van der Waals surface area contributed by atoms with Crippen molar-refractivity contribution in [1.82, 2.24) is 10.2 Å². The Balaban J connectivity index is 0.000000960. The van der Waals surface area contributed by atoms with Crippen molar-refractivity contribution in [3.63, 3.8) is 0 Å². The summed E-state index contributed by atoms with van der Waals surface area (Å²) < 4.78 is 0. The minimum atomic E-state index is 0. The zero-order chi connectivity index (χ0) is 14.1. The number of benzene rings is 1. The van der Waals surface area contributed by atoms with Gasteiger partial charge in [-0.1, -0.05) is 30.3 Å². The van der Waals surface area contributed by atoms with Gasteiger partial charge >= 0.3 is 0 Å². The van der Waals surface area contributed by atoms with Gasteiger partial charge in [-0.05, 0) is 81.1 Å². The van der Waals surface area contributed by atoms with E-state index in [1.54, 1.807) is 0 Å². The third-order valence-corrected chi connectivity index (χ3v) is 6.13. The summed E-state index contributed by atoms with van der Waals surface area (Å²) in [6.45, 7) is 6.68. The number of likely N-dealkylation sites (tertiary alicyclic amines) is 1. The van der Waals surface area contributed by atoms with Crippen molar-refractivity contribution in [2.45, 2.75) is 25.7 Å². The van der Waals surface area contributed by atoms with Gasteiger partial charge in [0.15, 0.2) is 0 Å². The molecule has 2 aliphatic heterocycles. The molecule has 3 aliphatic rings. The van der Waals surface area contributed by atoms with Crippen LogP contribution in [0.15, 0.2) is 30.3 Å². The molecule has 1 aliphatic carbocycles. The van der Waals surface area contributed by atoms with Crippen LogP contribution in [0.3, 0.4) is 0 Å². The first-order valence-electron chi connectivity index (χ1n) is 8.87. The number of halogens is 2. The van der Waals surface area contributed by atoms with Crippen LogP contribution >= 0.6 is 24.8 Å². The van der Waals surface area contributed by atoms with E-state index in [9.17, 15) is 0 Å². The highest BCUT2D eigenvalue weighted by molar-refractivity contribution is 5.85. The number of nitrogens with one attached hydrogen (secondary N) is 1. The zero-order valence-electron chi connectivity index (χ0n) is 13.8. The molecule has 0 amide bonds. The summed E-state index contributed by atoms with van der Waals surface area (Å²) in [5.74, 6) is 4.05. The molecule has 0 aromatic heterocycles. The van der Waals surface area contributed by atoms with E-state index in [-0.39, 0.29) is 24.8 Å². The van der Waals surface area contributed by atoms with Gasteiger partial charge in [0.1, 0.15) is 0 Å². The molecule has 1 aromatic rings. The molecule has 2 heterocycles. The van der Waals surface area contributed by atoms with E-state index < -0.39 is 0 Å². The number of aryl methyl sites for hydroxylation is 1. The molecule has 1 aromatic carbocycles. The van der Waals surface area contributed by atoms with E-state index in [2.05, 4.69) is 40.5 Å². The lowest BCUT2D eigenvalue weighted by Gasteiger charge is -2.32. The van der Waals surface area contributed by atoms with Crippen molar-refractivity contribution in [3.8, 4) is 0 Å². The second-order valence-electron chi connectivity index (χ2n) is 7.42. The topological polar surface area (TPSA) is 15.3 Å². The summed E-state index contributed by atoms with van der Waals surface area (Å²) in [5, 5.41) is 3.51. The van der Waals surface area contributed by atoms with E-state index in [0.29, 0.717) is 0 Å². The van der Waals surface area contributed by atoms with Gasteiger partial charge in [0.05, 0.1) is 0 Å². The molecule has 0 spiro atoms. The number of hydrogen-bond acceptors (Lipinski definition) is 2. The van der Waals surface area contributed by atoms with Gasteiger partial charge in [-0.2, -0.15) is 0 Å². The molecule has 0 radical (unpaired) electrons. The highest BCUT2D eigenvalue weighted by Gasteiger charge is 2.52. The summed E-state index contributed by atoms with van der Waals surface area (Å²) in [6.07, 6.45) is 5.50. The SMILES string of the molecule is Cl.Cl.c1ccc(CCC2CCN(CC3[C@H]4CNC[C@@H]34)CC2)cc1. The van der Waals surface area contributed by atoms with Crippen molar-refractivity contribution < 1.29 is 0 Å². The minimum absolute atomic E-state index is 0. The molecule has 1 saturated carbocycles. The van der Waals surface area contributed by atoms with Crippen LogP contribution in [0.1, 0.15) is 24.8 Å². The van der Waals surface area contributed by atoms with Crippen LogP contribution in [0.4, 0.5) is 0 Å². The summed E-state index contributed by atoms with van der Waals surface area (Å²) in [5.41, 5.74) is 1.51. The van der Waals surface area contributed by atoms with Gasteiger partial charge in [-0.25, -0.2) is 0 Å². The fourth-order valence-corrected chi connectivity index (χ4v) is 4.59. The highest BCUT2D eigenvalue weighted by Crippen LogP contribution is 2.49. The fourth-order valence-electron chi connectivity index (χ4n) is 4.59. The molecular weight excluding hydrogens is 327 g/mol. The minimum Gasteiger partial charge on any atom is -0.316 e. The van der Waals surface area contributed by atoms with Gasteiger partial charge in [-0.15, -0.1) is 24.8 Å². The van der Waals surface area contributed by atoms with Crippen molar-refractivity contribution in [2.24, 2.45) is 23.7 Å². The normalized spacial score (nSPS) is 30.2. The number of hydrogen-bond donors (Lipinski definition) is 1. The molecule has 1 unspecified atom stereocenters. The standard InChI is InChI=1S/C19H28N2.2ClH/c1-2-4-15(5-3-1)6-7-16-8-10-21(11-9-16)14-19-17-12-20-13-18(17)19;;/h1-5,16-20H,6-14H2;2*1H/t17-,18+,19?;;. The summed E-state index contributed by atoms with van der Waals surface area (Å²) in [7, 11) is 0.